The highest BCUT2D eigenvalue weighted by atomic mass is 16.5. The van der Waals surface area contributed by atoms with Crippen LogP contribution in [-0.4, -0.2) is 46.9 Å². The Morgan fingerprint density at radius 3 is 2.81 bits per heavy atom. The van der Waals surface area contributed by atoms with Gasteiger partial charge in [0.25, 0.3) is 0 Å². The smallest absolute Gasteiger partial charge is 0.222 e. The van der Waals surface area contributed by atoms with Gasteiger partial charge in [0, 0.05) is 47.4 Å². The fourth-order valence-electron chi connectivity index (χ4n) is 5.01. The Bertz CT molecular complexity index is 1300. The molecule has 1 aliphatic heterocycles. The van der Waals surface area contributed by atoms with Crippen molar-refractivity contribution in [1.29, 1.82) is 5.41 Å². The Morgan fingerprint density at radius 2 is 1.92 bits per heavy atom. The predicted octanol–water partition coefficient (Wildman–Crippen LogP) is 4.29. The number of nitrogen functional groups attached to an aromatic ring is 1. The minimum absolute atomic E-state index is 0.0335. The van der Waals surface area contributed by atoms with Gasteiger partial charge in [0.05, 0.1) is 35.7 Å². The average Bonchev–Trinajstić information content (AvgIpc) is 2.89. The number of pyridine rings is 2. The van der Waals surface area contributed by atoms with E-state index in [0.29, 0.717) is 43.0 Å². The number of carbonyl (C=O) groups excluding carboxylic acids is 1. The van der Waals surface area contributed by atoms with Crippen molar-refractivity contribution in [3.8, 4) is 0 Å². The minimum Gasteiger partial charge on any atom is -0.383 e. The first-order valence-electron chi connectivity index (χ1n) is 12.6. The average molecular weight is 485 g/mol. The predicted molar refractivity (Wildman–Crippen MR) is 143 cm³/mol. The highest BCUT2D eigenvalue weighted by Crippen LogP contribution is 2.32. The second-order valence-corrected chi connectivity index (χ2v) is 9.47. The summed E-state index contributed by atoms with van der Waals surface area (Å²) in [6.45, 7) is 0.955. The van der Waals surface area contributed by atoms with E-state index >= 15 is 0 Å². The number of benzene rings is 1. The maximum atomic E-state index is 12.4. The van der Waals surface area contributed by atoms with E-state index in [2.05, 4.69) is 20.6 Å². The number of hydrogen-bond acceptors (Lipinski definition) is 7. The quantitative estimate of drug-likeness (QED) is 0.402. The largest absolute Gasteiger partial charge is 0.383 e. The molecule has 5 N–H and O–H groups in total. The van der Waals surface area contributed by atoms with Crippen molar-refractivity contribution in [1.82, 2.24) is 15.3 Å². The summed E-state index contributed by atoms with van der Waals surface area (Å²) >= 11 is 0. The van der Waals surface area contributed by atoms with E-state index in [1.54, 1.807) is 12.4 Å². The Labute approximate surface area is 210 Å². The molecule has 1 amide bonds. The van der Waals surface area contributed by atoms with Crippen molar-refractivity contribution in [2.45, 2.75) is 50.6 Å². The molecule has 0 spiro atoms. The molecule has 2 atom stereocenters. The molecule has 2 aromatic heterocycles. The zero-order valence-corrected chi connectivity index (χ0v) is 20.3. The van der Waals surface area contributed by atoms with E-state index in [-0.39, 0.29) is 23.7 Å². The number of hydrogen-bond donors (Lipinski definition) is 4. The van der Waals surface area contributed by atoms with Crippen LogP contribution in [0.25, 0.3) is 17.0 Å². The van der Waals surface area contributed by atoms with Gasteiger partial charge in [-0.15, -0.1) is 0 Å². The van der Waals surface area contributed by atoms with Gasteiger partial charge >= 0.3 is 0 Å². The zero-order chi connectivity index (χ0) is 24.9. The summed E-state index contributed by atoms with van der Waals surface area (Å²) < 4.78 is 5.64. The van der Waals surface area contributed by atoms with Crippen molar-refractivity contribution in [2.24, 2.45) is 0 Å². The fraction of sp³-hybridized carbons (Fsp3) is 0.357. The van der Waals surface area contributed by atoms with Crippen LogP contribution in [0.1, 0.15) is 55.2 Å². The Balaban J connectivity index is 1.54. The van der Waals surface area contributed by atoms with Gasteiger partial charge in [-0.25, -0.2) is 4.98 Å². The molecular weight excluding hydrogens is 452 g/mol. The lowest BCUT2D eigenvalue weighted by Gasteiger charge is -2.32. The molecule has 1 saturated carbocycles. The maximum Gasteiger partial charge on any atom is 0.222 e. The Kier molecular flexibility index (Phi) is 7.23. The van der Waals surface area contributed by atoms with Crippen molar-refractivity contribution >= 4 is 40.1 Å². The maximum absolute atomic E-state index is 12.4. The summed E-state index contributed by atoms with van der Waals surface area (Å²) in [6, 6.07) is 10.1. The summed E-state index contributed by atoms with van der Waals surface area (Å²) in [5, 5.41) is 17.0. The van der Waals surface area contributed by atoms with Gasteiger partial charge < -0.3 is 21.1 Å². The molecule has 186 valence electrons. The summed E-state index contributed by atoms with van der Waals surface area (Å²) in [7, 11) is 0. The fourth-order valence-corrected chi connectivity index (χ4v) is 5.01. The molecule has 1 aromatic carbocycles. The van der Waals surface area contributed by atoms with Crippen LogP contribution in [0.3, 0.4) is 0 Å². The monoisotopic (exact) mass is 484 g/mol. The number of anilines is 2. The molecule has 2 aliphatic rings. The second kappa shape index (κ2) is 10.9. The molecule has 1 unspecified atom stereocenters. The molecular formula is C28H32N6O2. The Hall–Kier alpha value is -3.78. The lowest BCUT2D eigenvalue weighted by molar-refractivity contribution is -0.123. The van der Waals surface area contributed by atoms with Crippen LogP contribution in [0.2, 0.25) is 0 Å². The van der Waals surface area contributed by atoms with E-state index in [1.165, 1.54) is 0 Å². The highest BCUT2D eigenvalue weighted by molar-refractivity contribution is 6.18. The number of nitrogens with two attached hydrogens (primary N) is 1. The number of ether oxygens (including phenoxy) is 1. The number of aromatic nitrogens is 2. The molecule has 8 heteroatoms. The number of fused-ring (bicyclic) bond motifs is 4. The third-order valence-corrected chi connectivity index (χ3v) is 6.85. The number of carbonyl (C=O) groups is 1. The van der Waals surface area contributed by atoms with Crippen LogP contribution in [0.5, 0.6) is 0 Å². The van der Waals surface area contributed by atoms with Crippen LogP contribution in [0.4, 0.5) is 11.5 Å². The first kappa shape index (κ1) is 23.9. The van der Waals surface area contributed by atoms with Gasteiger partial charge in [-0.05, 0) is 44.2 Å². The molecule has 36 heavy (non-hydrogen) atoms. The molecule has 3 aromatic rings. The van der Waals surface area contributed by atoms with Crippen molar-refractivity contribution < 1.29 is 9.53 Å². The molecule has 1 aliphatic carbocycles. The first-order chi connectivity index (χ1) is 17.6. The van der Waals surface area contributed by atoms with Crippen LogP contribution >= 0.6 is 0 Å². The summed E-state index contributed by atoms with van der Waals surface area (Å²) in [5.74, 6) is 0.334. The normalized spacial score (nSPS) is 21.8. The van der Waals surface area contributed by atoms with Gasteiger partial charge in [0.2, 0.25) is 5.91 Å². The van der Waals surface area contributed by atoms with E-state index in [0.717, 1.165) is 47.8 Å². The zero-order valence-electron chi connectivity index (χ0n) is 20.3. The number of para-hydroxylation sites is 1. The molecule has 5 rings (SSSR count). The van der Waals surface area contributed by atoms with Crippen molar-refractivity contribution in [3.05, 3.63) is 65.5 Å². The third kappa shape index (κ3) is 5.39. The van der Waals surface area contributed by atoms with Gasteiger partial charge in [-0.2, -0.15) is 0 Å². The molecule has 0 saturated heterocycles. The van der Waals surface area contributed by atoms with E-state index in [4.69, 9.17) is 15.9 Å². The summed E-state index contributed by atoms with van der Waals surface area (Å²) in [4.78, 5) is 21.4. The van der Waals surface area contributed by atoms with E-state index in [1.807, 2.05) is 42.5 Å². The Morgan fingerprint density at radius 1 is 1.08 bits per heavy atom. The lowest BCUT2D eigenvalue weighted by Crippen LogP contribution is -2.42. The van der Waals surface area contributed by atoms with Gasteiger partial charge in [0.15, 0.2) is 0 Å². The highest BCUT2D eigenvalue weighted by Gasteiger charge is 2.26. The lowest BCUT2D eigenvalue weighted by atomic mass is 9.89. The van der Waals surface area contributed by atoms with Gasteiger partial charge in [0.1, 0.15) is 5.82 Å². The van der Waals surface area contributed by atoms with Crippen molar-refractivity contribution in [2.75, 3.05) is 24.3 Å². The van der Waals surface area contributed by atoms with E-state index in [9.17, 15) is 4.79 Å². The third-order valence-electron chi connectivity index (χ3n) is 6.85. The number of nitrogens with one attached hydrogen (secondary N) is 3. The topological polar surface area (TPSA) is 126 Å². The van der Waals surface area contributed by atoms with E-state index < -0.39 is 0 Å². The SMILES string of the molecule is N=C(c1cnc2ccccc2c1)c1c(N)ncc2c1N[C@@H]1CCCC(C1)NC(=O)CCOCC/C=C/2. The molecule has 1 fully saturated rings. The molecule has 3 heterocycles. The number of rotatable bonds is 2. The van der Waals surface area contributed by atoms with Crippen LogP contribution in [0.15, 0.2) is 48.8 Å². The van der Waals surface area contributed by atoms with Crippen LogP contribution in [0, 0.1) is 5.41 Å². The second-order valence-electron chi connectivity index (χ2n) is 9.47. The molecule has 0 radical (unpaired) electrons. The van der Waals surface area contributed by atoms with Gasteiger partial charge in [-0.1, -0.05) is 30.4 Å². The summed E-state index contributed by atoms with van der Waals surface area (Å²) in [6.07, 6.45) is 12.4. The number of nitrogens with zero attached hydrogens (tertiary/aromatic N) is 2. The first-order valence-corrected chi connectivity index (χ1v) is 12.6. The molecule has 2 bridgehead atoms. The van der Waals surface area contributed by atoms with Gasteiger partial charge in [-0.3, -0.25) is 15.2 Å². The van der Waals surface area contributed by atoms with Crippen molar-refractivity contribution in [3.63, 3.8) is 0 Å². The summed E-state index contributed by atoms with van der Waals surface area (Å²) in [5.41, 5.74) is 10.5. The minimum atomic E-state index is 0.0335. The number of amides is 1. The van der Waals surface area contributed by atoms with Crippen LogP contribution < -0.4 is 16.4 Å². The standard InChI is InChI=1S/C28H32N6O2/c29-26(20-14-18-6-1-2-10-23(18)31-17-20)25-27-19(16-32-28(25)30)7-3-4-12-36-13-11-24(35)33-21-8-5-9-22(15-21)34-27/h1-3,6-7,10,14,16-17,21-22,29,34H,4-5,8-9,11-13,15H2,(H2,30,32)(H,33,35)/b7-3+,29-26?/t21?,22-/m1/s1. The van der Waals surface area contributed by atoms with Crippen LogP contribution in [-0.2, 0) is 9.53 Å². The molecule has 8 nitrogen and oxygen atoms in total.